The number of hydrogen-bond acceptors (Lipinski definition) is 6. The van der Waals surface area contributed by atoms with Gasteiger partial charge in [-0.15, -0.1) is 0 Å². The Morgan fingerprint density at radius 1 is 1.27 bits per heavy atom. The third kappa shape index (κ3) is 5.09. The number of likely N-dealkylation sites (tertiary alicyclic amines) is 1. The van der Waals surface area contributed by atoms with E-state index < -0.39 is 0 Å². The lowest BCUT2D eigenvalue weighted by molar-refractivity contribution is -0.116. The SMILES string of the molecule is COc1ccc(NC(=O)CC[C@@H]2CCCN(Cc3ccc4nonc4c3)C2)cc1Cl. The summed E-state index contributed by atoms with van der Waals surface area (Å²) in [6.45, 7) is 2.94. The zero-order valence-electron chi connectivity index (χ0n) is 16.9. The predicted molar refractivity (Wildman–Crippen MR) is 116 cm³/mol. The lowest BCUT2D eigenvalue weighted by Crippen LogP contribution is -2.35. The van der Waals surface area contributed by atoms with Crippen molar-refractivity contribution in [1.82, 2.24) is 15.2 Å². The van der Waals surface area contributed by atoms with Crippen LogP contribution in [0.1, 0.15) is 31.2 Å². The van der Waals surface area contributed by atoms with Crippen LogP contribution in [0.25, 0.3) is 11.0 Å². The van der Waals surface area contributed by atoms with E-state index in [0.717, 1.165) is 49.9 Å². The van der Waals surface area contributed by atoms with Crippen molar-refractivity contribution >= 4 is 34.2 Å². The smallest absolute Gasteiger partial charge is 0.224 e. The number of rotatable bonds is 7. The number of methoxy groups -OCH3 is 1. The summed E-state index contributed by atoms with van der Waals surface area (Å²) in [7, 11) is 1.57. The third-order valence-corrected chi connectivity index (χ3v) is 5.84. The summed E-state index contributed by atoms with van der Waals surface area (Å²) in [5.41, 5.74) is 3.46. The number of ether oxygens (including phenoxy) is 1. The normalized spacial score (nSPS) is 17.2. The standard InChI is InChI=1S/C22H25ClN4O3/c1-29-21-8-6-17(12-18(21)23)24-22(28)9-5-15-3-2-10-27(13-15)14-16-4-7-19-20(11-16)26-30-25-19/h4,6-8,11-12,15H,2-3,5,9-10,13-14H2,1H3,(H,24,28)/t15-/m0/s1. The molecule has 2 aromatic carbocycles. The van der Waals surface area contributed by atoms with Crippen molar-refractivity contribution < 1.29 is 14.2 Å². The predicted octanol–water partition coefficient (Wildman–Crippen LogP) is 4.52. The molecule has 1 saturated heterocycles. The number of carbonyl (C=O) groups excluding carboxylic acids is 1. The van der Waals surface area contributed by atoms with Gasteiger partial charge in [0.15, 0.2) is 0 Å². The monoisotopic (exact) mass is 428 g/mol. The number of fused-ring (bicyclic) bond motifs is 1. The number of aromatic nitrogens is 2. The second-order valence-electron chi connectivity index (χ2n) is 7.77. The van der Waals surface area contributed by atoms with Gasteiger partial charge in [-0.3, -0.25) is 9.69 Å². The van der Waals surface area contributed by atoms with Gasteiger partial charge in [0.05, 0.1) is 12.1 Å². The Hall–Kier alpha value is -2.64. The average Bonchev–Trinajstić information content (AvgIpc) is 3.21. The molecule has 158 valence electrons. The topological polar surface area (TPSA) is 80.5 Å². The number of nitrogens with one attached hydrogen (secondary N) is 1. The molecule has 0 aliphatic carbocycles. The number of halogens is 1. The number of benzene rings is 2. The first kappa shape index (κ1) is 20.6. The first-order chi connectivity index (χ1) is 14.6. The first-order valence-corrected chi connectivity index (χ1v) is 10.6. The number of nitrogens with zero attached hydrogens (tertiary/aromatic N) is 3. The maximum atomic E-state index is 12.4. The Bertz CT molecular complexity index is 1020. The molecule has 1 amide bonds. The zero-order chi connectivity index (χ0) is 20.9. The molecule has 1 fully saturated rings. The molecule has 2 heterocycles. The van der Waals surface area contributed by atoms with Crippen molar-refractivity contribution in [3.8, 4) is 5.75 Å². The maximum absolute atomic E-state index is 12.4. The van der Waals surface area contributed by atoms with Crippen LogP contribution < -0.4 is 10.1 Å². The minimum absolute atomic E-state index is 0.0114. The van der Waals surface area contributed by atoms with Gasteiger partial charge >= 0.3 is 0 Å². The van der Waals surface area contributed by atoms with E-state index in [9.17, 15) is 4.79 Å². The highest BCUT2D eigenvalue weighted by Gasteiger charge is 2.21. The van der Waals surface area contributed by atoms with Gasteiger partial charge in [0.1, 0.15) is 16.8 Å². The van der Waals surface area contributed by atoms with Gasteiger partial charge in [0.2, 0.25) is 5.91 Å². The summed E-state index contributed by atoms with van der Waals surface area (Å²) in [6, 6.07) is 11.3. The number of carbonyl (C=O) groups is 1. The van der Waals surface area contributed by atoms with Crippen LogP contribution in [0.3, 0.4) is 0 Å². The third-order valence-electron chi connectivity index (χ3n) is 5.54. The van der Waals surface area contributed by atoms with E-state index in [1.54, 1.807) is 25.3 Å². The minimum atomic E-state index is 0.0114. The van der Waals surface area contributed by atoms with Crippen molar-refractivity contribution in [2.75, 3.05) is 25.5 Å². The van der Waals surface area contributed by atoms with Crippen LogP contribution in [0.2, 0.25) is 5.02 Å². The molecule has 0 spiro atoms. The van der Waals surface area contributed by atoms with Gasteiger partial charge in [0, 0.05) is 25.2 Å². The quantitative estimate of drug-likeness (QED) is 0.596. The van der Waals surface area contributed by atoms with E-state index in [4.69, 9.17) is 21.0 Å². The molecule has 0 unspecified atom stereocenters. The Morgan fingerprint density at radius 3 is 2.97 bits per heavy atom. The average molecular weight is 429 g/mol. The Morgan fingerprint density at radius 2 is 2.13 bits per heavy atom. The number of anilines is 1. The van der Waals surface area contributed by atoms with Gasteiger partial charge in [-0.05, 0) is 77.9 Å². The van der Waals surface area contributed by atoms with E-state index >= 15 is 0 Å². The highest BCUT2D eigenvalue weighted by Crippen LogP contribution is 2.28. The van der Waals surface area contributed by atoms with Gasteiger partial charge in [0.25, 0.3) is 0 Å². The molecule has 7 nitrogen and oxygen atoms in total. The zero-order valence-corrected chi connectivity index (χ0v) is 17.7. The molecule has 3 aromatic rings. The van der Waals surface area contributed by atoms with Crippen molar-refractivity contribution in [2.24, 2.45) is 5.92 Å². The summed E-state index contributed by atoms with van der Waals surface area (Å²) in [6.07, 6.45) is 3.68. The van der Waals surface area contributed by atoms with Gasteiger partial charge in [-0.25, -0.2) is 4.63 Å². The van der Waals surface area contributed by atoms with Crippen LogP contribution in [0.5, 0.6) is 5.75 Å². The van der Waals surface area contributed by atoms with Crippen LogP contribution in [0.15, 0.2) is 41.0 Å². The van der Waals surface area contributed by atoms with Crippen LogP contribution in [-0.4, -0.2) is 41.3 Å². The summed E-state index contributed by atoms with van der Waals surface area (Å²) < 4.78 is 9.92. The Balaban J connectivity index is 1.26. The number of amides is 1. The molecule has 1 atom stereocenters. The van der Waals surface area contributed by atoms with Crippen LogP contribution in [0.4, 0.5) is 5.69 Å². The fraction of sp³-hybridized carbons (Fsp3) is 0.409. The molecule has 0 radical (unpaired) electrons. The fourth-order valence-electron chi connectivity index (χ4n) is 4.02. The van der Waals surface area contributed by atoms with Crippen molar-refractivity contribution in [1.29, 1.82) is 0 Å². The minimum Gasteiger partial charge on any atom is -0.495 e. The maximum Gasteiger partial charge on any atom is 0.224 e. The fourth-order valence-corrected chi connectivity index (χ4v) is 4.28. The molecular weight excluding hydrogens is 404 g/mol. The van der Waals surface area contributed by atoms with E-state index in [-0.39, 0.29) is 5.91 Å². The van der Waals surface area contributed by atoms with E-state index in [0.29, 0.717) is 28.8 Å². The molecule has 1 aromatic heterocycles. The summed E-state index contributed by atoms with van der Waals surface area (Å²) in [5, 5.41) is 11.2. The van der Waals surface area contributed by atoms with E-state index in [2.05, 4.69) is 26.6 Å². The summed E-state index contributed by atoms with van der Waals surface area (Å²) in [5.74, 6) is 1.12. The van der Waals surface area contributed by atoms with Gasteiger partial charge < -0.3 is 10.1 Å². The van der Waals surface area contributed by atoms with Crippen LogP contribution in [-0.2, 0) is 11.3 Å². The molecule has 1 aliphatic rings. The highest BCUT2D eigenvalue weighted by atomic mass is 35.5. The van der Waals surface area contributed by atoms with Crippen molar-refractivity contribution in [3.05, 3.63) is 47.0 Å². The lowest BCUT2D eigenvalue weighted by Gasteiger charge is -2.32. The number of piperidine rings is 1. The van der Waals surface area contributed by atoms with Crippen molar-refractivity contribution in [3.63, 3.8) is 0 Å². The van der Waals surface area contributed by atoms with Crippen LogP contribution in [0, 0.1) is 5.92 Å². The van der Waals surface area contributed by atoms with E-state index in [1.165, 1.54) is 5.56 Å². The molecule has 30 heavy (non-hydrogen) atoms. The second-order valence-corrected chi connectivity index (χ2v) is 8.17. The van der Waals surface area contributed by atoms with Crippen LogP contribution >= 0.6 is 11.6 Å². The lowest BCUT2D eigenvalue weighted by atomic mass is 9.93. The molecule has 0 saturated carbocycles. The molecular formula is C22H25ClN4O3. The molecule has 1 N–H and O–H groups in total. The number of hydrogen-bond donors (Lipinski definition) is 1. The Kier molecular flexibility index (Phi) is 6.50. The molecule has 0 bridgehead atoms. The van der Waals surface area contributed by atoms with Crippen molar-refractivity contribution in [2.45, 2.75) is 32.2 Å². The highest BCUT2D eigenvalue weighted by molar-refractivity contribution is 6.32. The Labute approximate surface area is 180 Å². The molecule has 4 rings (SSSR count). The largest absolute Gasteiger partial charge is 0.495 e. The molecule has 1 aliphatic heterocycles. The summed E-state index contributed by atoms with van der Waals surface area (Å²) >= 11 is 6.13. The molecule has 8 heteroatoms. The first-order valence-electron chi connectivity index (χ1n) is 10.2. The van der Waals surface area contributed by atoms with E-state index in [1.807, 2.05) is 12.1 Å². The van der Waals surface area contributed by atoms with Gasteiger partial charge in [-0.2, -0.15) is 0 Å². The second kappa shape index (κ2) is 9.45. The summed E-state index contributed by atoms with van der Waals surface area (Å²) in [4.78, 5) is 14.8. The van der Waals surface area contributed by atoms with Gasteiger partial charge in [-0.1, -0.05) is 17.7 Å².